The number of nitriles is 2. The molecular formula is C30H29ClF2N8. The van der Waals surface area contributed by atoms with Gasteiger partial charge in [0.25, 0.3) is 6.43 Å². The van der Waals surface area contributed by atoms with E-state index in [1.54, 1.807) is 24.4 Å². The smallest absolute Gasteiger partial charge is 0.263 e. The molecule has 1 aliphatic rings. The van der Waals surface area contributed by atoms with Gasteiger partial charge in [0.1, 0.15) is 17.3 Å². The van der Waals surface area contributed by atoms with Gasteiger partial charge in [-0.3, -0.25) is 4.98 Å². The van der Waals surface area contributed by atoms with Gasteiger partial charge >= 0.3 is 0 Å². The van der Waals surface area contributed by atoms with Gasteiger partial charge in [-0.15, -0.1) is 5.10 Å². The zero-order valence-corrected chi connectivity index (χ0v) is 23.9. The van der Waals surface area contributed by atoms with Gasteiger partial charge in [0.15, 0.2) is 0 Å². The first-order valence-electron chi connectivity index (χ1n) is 13.2. The maximum absolute atomic E-state index is 13.8. The van der Waals surface area contributed by atoms with Gasteiger partial charge in [0.05, 0.1) is 45.7 Å². The van der Waals surface area contributed by atoms with E-state index in [0.717, 1.165) is 11.1 Å². The highest BCUT2D eigenvalue weighted by atomic mass is 35.5. The van der Waals surface area contributed by atoms with E-state index in [0.29, 0.717) is 63.5 Å². The molecular weight excluding hydrogens is 546 g/mol. The molecule has 1 fully saturated rings. The summed E-state index contributed by atoms with van der Waals surface area (Å²) in [5.74, 6) is 0. The SMILES string of the molecule is Cc1c(C#N)cccc1C(Nc1cc(Cl)c2ncc(C#N)c(NCC(C)(C)C)c2c1)c1cn(C2(C(F)F)CC2)nn1. The Morgan fingerprint density at radius 1 is 1.15 bits per heavy atom. The lowest BCUT2D eigenvalue weighted by Crippen LogP contribution is -2.26. The molecule has 5 rings (SSSR count). The molecule has 0 aliphatic heterocycles. The number of anilines is 2. The minimum absolute atomic E-state index is 0.0562. The quantitative estimate of drug-likeness (QED) is 0.234. The Bertz CT molecular complexity index is 1710. The summed E-state index contributed by atoms with van der Waals surface area (Å²) in [6.45, 7) is 8.70. The molecule has 1 saturated carbocycles. The van der Waals surface area contributed by atoms with Crippen LogP contribution in [-0.2, 0) is 5.54 Å². The molecule has 1 atom stereocenters. The molecule has 1 aliphatic carbocycles. The molecule has 0 bridgehead atoms. The topological polar surface area (TPSA) is 115 Å². The van der Waals surface area contributed by atoms with Crippen LogP contribution in [0.5, 0.6) is 0 Å². The van der Waals surface area contributed by atoms with Crippen LogP contribution in [0.2, 0.25) is 5.02 Å². The van der Waals surface area contributed by atoms with Crippen molar-refractivity contribution in [1.29, 1.82) is 10.5 Å². The van der Waals surface area contributed by atoms with Crippen LogP contribution in [0.4, 0.5) is 20.2 Å². The highest BCUT2D eigenvalue weighted by molar-refractivity contribution is 6.35. The molecule has 1 unspecified atom stereocenters. The van der Waals surface area contributed by atoms with Gasteiger partial charge in [-0.2, -0.15) is 10.5 Å². The summed E-state index contributed by atoms with van der Waals surface area (Å²) in [5, 5.41) is 35.7. The molecule has 0 spiro atoms. The second-order valence-electron chi connectivity index (χ2n) is 11.6. The van der Waals surface area contributed by atoms with E-state index in [2.05, 4.69) is 58.8 Å². The number of hydrogen-bond donors (Lipinski definition) is 2. The van der Waals surface area contributed by atoms with E-state index >= 15 is 0 Å². The number of rotatable bonds is 8. The summed E-state index contributed by atoms with van der Waals surface area (Å²) >= 11 is 6.71. The Morgan fingerprint density at radius 3 is 2.51 bits per heavy atom. The Balaban J connectivity index is 1.63. The highest BCUT2D eigenvalue weighted by Crippen LogP contribution is 2.48. The lowest BCUT2D eigenvalue weighted by Gasteiger charge is -2.23. The Hall–Kier alpha value is -4.28. The molecule has 4 aromatic rings. The van der Waals surface area contributed by atoms with Crippen LogP contribution in [0.15, 0.2) is 42.7 Å². The first-order chi connectivity index (χ1) is 19.5. The highest BCUT2D eigenvalue weighted by Gasteiger charge is 2.54. The van der Waals surface area contributed by atoms with Crippen molar-refractivity contribution in [2.45, 2.75) is 58.5 Å². The molecule has 2 N–H and O–H groups in total. The summed E-state index contributed by atoms with van der Waals surface area (Å²) in [6.07, 6.45) is 1.14. The van der Waals surface area contributed by atoms with Gasteiger partial charge in [0, 0.05) is 23.8 Å². The molecule has 11 heteroatoms. The first kappa shape index (κ1) is 28.3. The van der Waals surface area contributed by atoms with Crippen LogP contribution in [0.3, 0.4) is 0 Å². The first-order valence-corrected chi connectivity index (χ1v) is 13.6. The Kier molecular flexibility index (Phi) is 7.31. The number of fused-ring (bicyclic) bond motifs is 1. The minimum atomic E-state index is -2.56. The Morgan fingerprint density at radius 2 is 1.88 bits per heavy atom. The fourth-order valence-corrected chi connectivity index (χ4v) is 5.11. The average molecular weight is 575 g/mol. The second kappa shape index (κ2) is 10.6. The fourth-order valence-electron chi connectivity index (χ4n) is 4.84. The van der Waals surface area contributed by atoms with Crippen molar-refractivity contribution in [3.8, 4) is 12.1 Å². The van der Waals surface area contributed by atoms with Gasteiger partial charge in [-0.25, -0.2) is 13.5 Å². The lowest BCUT2D eigenvalue weighted by molar-refractivity contribution is 0.0593. The number of aromatic nitrogens is 4. The predicted molar refractivity (Wildman–Crippen MR) is 154 cm³/mol. The molecule has 8 nitrogen and oxygen atoms in total. The van der Waals surface area contributed by atoms with Crippen molar-refractivity contribution < 1.29 is 8.78 Å². The van der Waals surface area contributed by atoms with Crippen LogP contribution in [0.1, 0.15) is 67.6 Å². The number of nitrogens with one attached hydrogen (secondary N) is 2. The standard InChI is InChI=1S/C30H29ClF2N8/c1-17-18(12-34)6-5-7-21(17)27(24-15-41(40-39-24)30(8-9-30)28(32)33)38-20-10-22-25(37-16-29(2,3)4)19(13-35)14-36-26(22)23(31)11-20/h5-7,10-11,14-15,27-28,38H,8-9,16H2,1-4H3,(H,36,37). The van der Waals surface area contributed by atoms with E-state index in [1.807, 2.05) is 19.1 Å². The van der Waals surface area contributed by atoms with Crippen molar-refractivity contribution in [3.05, 3.63) is 75.7 Å². The monoisotopic (exact) mass is 574 g/mol. The van der Waals surface area contributed by atoms with Gasteiger partial charge in [-0.05, 0) is 54.5 Å². The summed E-state index contributed by atoms with van der Waals surface area (Å²) in [6, 6.07) is 12.7. The van der Waals surface area contributed by atoms with Crippen LogP contribution >= 0.6 is 11.6 Å². The largest absolute Gasteiger partial charge is 0.383 e. The Labute approximate surface area is 241 Å². The minimum Gasteiger partial charge on any atom is -0.383 e. The zero-order valence-electron chi connectivity index (χ0n) is 23.1. The van der Waals surface area contributed by atoms with Gasteiger partial charge in [0.2, 0.25) is 0 Å². The molecule has 210 valence electrons. The normalized spacial score (nSPS) is 14.9. The maximum Gasteiger partial charge on any atom is 0.263 e. The third-order valence-corrected chi connectivity index (χ3v) is 7.68. The third kappa shape index (κ3) is 5.40. The number of halogens is 3. The summed E-state index contributed by atoms with van der Waals surface area (Å²) in [7, 11) is 0. The van der Waals surface area contributed by atoms with Crippen LogP contribution in [0, 0.1) is 35.0 Å². The van der Waals surface area contributed by atoms with E-state index in [-0.39, 0.29) is 5.41 Å². The molecule has 0 saturated heterocycles. The van der Waals surface area contributed by atoms with Gasteiger partial charge in [-0.1, -0.05) is 49.7 Å². The van der Waals surface area contributed by atoms with E-state index in [4.69, 9.17) is 11.6 Å². The third-order valence-electron chi connectivity index (χ3n) is 7.39. The number of benzene rings is 2. The van der Waals surface area contributed by atoms with Crippen LogP contribution in [-0.4, -0.2) is 32.9 Å². The zero-order chi connectivity index (χ0) is 29.5. The van der Waals surface area contributed by atoms with Crippen LogP contribution < -0.4 is 10.6 Å². The lowest BCUT2D eigenvalue weighted by atomic mass is 9.95. The molecule has 0 radical (unpaired) electrons. The van der Waals surface area contributed by atoms with E-state index in [9.17, 15) is 19.3 Å². The molecule has 0 amide bonds. The molecule has 2 heterocycles. The fraction of sp³-hybridized carbons (Fsp3) is 0.367. The summed E-state index contributed by atoms with van der Waals surface area (Å²) < 4.78 is 28.9. The molecule has 2 aromatic carbocycles. The summed E-state index contributed by atoms with van der Waals surface area (Å²) in [5.41, 5.74) is 3.11. The van der Waals surface area contributed by atoms with E-state index in [1.165, 1.54) is 10.9 Å². The van der Waals surface area contributed by atoms with Crippen molar-refractivity contribution in [1.82, 2.24) is 20.0 Å². The van der Waals surface area contributed by atoms with Crippen molar-refractivity contribution in [2.24, 2.45) is 5.41 Å². The molecule has 41 heavy (non-hydrogen) atoms. The average Bonchev–Trinajstić information content (AvgIpc) is 3.60. The number of pyridine rings is 1. The molecule has 2 aromatic heterocycles. The number of hydrogen-bond acceptors (Lipinski definition) is 7. The predicted octanol–water partition coefficient (Wildman–Crippen LogP) is 6.95. The van der Waals surface area contributed by atoms with Crippen molar-refractivity contribution >= 4 is 33.9 Å². The van der Waals surface area contributed by atoms with Gasteiger partial charge < -0.3 is 10.6 Å². The van der Waals surface area contributed by atoms with E-state index < -0.39 is 18.0 Å². The van der Waals surface area contributed by atoms with Crippen molar-refractivity contribution in [3.63, 3.8) is 0 Å². The van der Waals surface area contributed by atoms with Crippen molar-refractivity contribution in [2.75, 3.05) is 17.2 Å². The number of alkyl halides is 2. The number of nitrogens with zero attached hydrogens (tertiary/aromatic N) is 6. The van der Waals surface area contributed by atoms with Crippen LogP contribution in [0.25, 0.3) is 10.9 Å². The second-order valence-corrected chi connectivity index (χ2v) is 12.0. The summed E-state index contributed by atoms with van der Waals surface area (Å²) in [4.78, 5) is 4.43. The maximum atomic E-state index is 13.8.